The molecule has 2 unspecified atom stereocenters. The minimum atomic E-state index is -0.816. The van der Waals surface area contributed by atoms with Crippen LogP contribution in [0.2, 0.25) is 0 Å². The number of carbonyl (C=O) groups is 1. The van der Waals surface area contributed by atoms with Crippen LogP contribution in [0.4, 0.5) is 0 Å². The number of nitrogens with one attached hydrogen (secondary N) is 1. The number of hydrogen-bond donors (Lipinski definition) is 1. The molecule has 2 aliphatic rings. The van der Waals surface area contributed by atoms with E-state index in [1.54, 1.807) is 6.92 Å². The van der Waals surface area contributed by atoms with Crippen molar-refractivity contribution in [2.24, 2.45) is 16.5 Å². The van der Waals surface area contributed by atoms with Crippen molar-refractivity contribution in [3.63, 3.8) is 0 Å². The molecule has 0 radical (unpaired) electrons. The van der Waals surface area contributed by atoms with E-state index in [-0.39, 0.29) is 42.1 Å². The van der Waals surface area contributed by atoms with Gasteiger partial charge >= 0.3 is 0 Å². The van der Waals surface area contributed by atoms with Crippen LogP contribution in [0, 0.1) is 22.7 Å². The van der Waals surface area contributed by atoms with Gasteiger partial charge in [-0.2, -0.15) is 5.26 Å². The van der Waals surface area contributed by atoms with Gasteiger partial charge in [-0.05, 0) is 6.92 Å². The third-order valence-corrected chi connectivity index (χ3v) is 5.44. The number of alkyl halides is 2. The number of rotatable bonds is 4. The van der Waals surface area contributed by atoms with Gasteiger partial charge < -0.3 is 4.84 Å². The fourth-order valence-corrected chi connectivity index (χ4v) is 3.06. The van der Waals surface area contributed by atoms with Crippen molar-refractivity contribution < 1.29 is 9.63 Å². The number of hydrazine groups is 1. The second-order valence-corrected chi connectivity index (χ2v) is 6.96. The molecule has 1 aliphatic carbocycles. The number of oxime groups is 1. The van der Waals surface area contributed by atoms with E-state index < -0.39 is 4.33 Å². The molecule has 2 rings (SSSR count). The van der Waals surface area contributed by atoms with Gasteiger partial charge in [-0.3, -0.25) is 9.80 Å². The first-order valence-electron chi connectivity index (χ1n) is 6.26. The summed E-state index contributed by atoms with van der Waals surface area (Å²) in [6, 6.07) is 1.61. The first-order chi connectivity index (χ1) is 9.23. The van der Waals surface area contributed by atoms with Gasteiger partial charge in [0.1, 0.15) is 17.5 Å². The van der Waals surface area contributed by atoms with Crippen LogP contribution < -0.4 is 5.43 Å². The van der Waals surface area contributed by atoms with E-state index in [1.165, 1.54) is 5.01 Å². The molecule has 0 aromatic heterocycles. The van der Waals surface area contributed by atoms with Crippen LogP contribution in [0.5, 0.6) is 0 Å². The van der Waals surface area contributed by atoms with Crippen molar-refractivity contribution in [3.05, 3.63) is 0 Å². The topological polar surface area (TPSA) is 77.7 Å². The predicted molar refractivity (Wildman–Crippen MR) is 75.0 cm³/mol. The van der Waals surface area contributed by atoms with Crippen molar-refractivity contribution in [3.8, 4) is 6.07 Å². The van der Waals surface area contributed by atoms with E-state index in [2.05, 4.69) is 10.6 Å². The fraction of sp³-hybridized carbons (Fsp3) is 0.750. The molecule has 110 valence electrons. The zero-order valence-electron chi connectivity index (χ0n) is 11.5. The largest absolute Gasteiger partial charge is 0.395 e. The molecule has 1 N–H and O–H groups in total. The van der Waals surface area contributed by atoms with Gasteiger partial charge in [-0.25, -0.2) is 5.43 Å². The molecule has 8 heteroatoms. The maximum absolute atomic E-state index is 11.9. The first kappa shape index (κ1) is 15.4. The molecular formula is C12H16Cl2N4O2. The summed E-state index contributed by atoms with van der Waals surface area (Å²) in [6.07, 6.45) is 0. The van der Waals surface area contributed by atoms with Gasteiger partial charge in [0, 0.05) is 11.3 Å². The maximum Gasteiger partial charge on any atom is 0.288 e. The lowest BCUT2D eigenvalue weighted by Gasteiger charge is -2.09. The average Bonchev–Trinajstić information content (AvgIpc) is 2.60. The van der Waals surface area contributed by atoms with Gasteiger partial charge in [0.25, 0.3) is 5.91 Å². The van der Waals surface area contributed by atoms with Crippen molar-refractivity contribution in [2.75, 3.05) is 13.2 Å². The average molecular weight is 319 g/mol. The summed E-state index contributed by atoms with van der Waals surface area (Å²) in [6.45, 7) is 5.89. The Hall–Kier alpha value is -1.03. The third kappa shape index (κ3) is 2.34. The van der Waals surface area contributed by atoms with E-state index >= 15 is 0 Å². The van der Waals surface area contributed by atoms with E-state index in [0.29, 0.717) is 0 Å². The van der Waals surface area contributed by atoms with Gasteiger partial charge in [-0.15, -0.1) is 23.2 Å². The standard InChI is InChI=1S/C12H16Cl2N4O2/c1-7-9(10(19)18(16-7)5-4-15)17-20-6-8-11(2,3)12(8,13)14/h7-8,16H,5-6H2,1-3H3. The maximum atomic E-state index is 11.9. The molecule has 0 aromatic rings. The summed E-state index contributed by atoms with van der Waals surface area (Å²) >= 11 is 12.3. The lowest BCUT2D eigenvalue weighted by Crippen LogP contribution is -2.36. The highest BCUT2D eigenvalue weighted by Crippen LogP contribution is 2.68. The Morgan fingerprint density at radius 3 is 2.65 bits per heavy atom. The molecule has 0 aromatic carbocycles. The SMILES string of the molecule is CC1NN(CC#N)C(=O)C1=NOCC1C(C)(C)C1(Cl)Cl. The predicted octanol–water partition coefficient (Wildman–Crippen LogP) is 1.45. The minimum Gasteiger partial charge on any atom is -0.395 e. The second kappa shape index (κ2) is 5.06. The summed E-state index contributed by atoms with van der Waals surface area (Å²) in [7, 11) is 0. The van der Waals surface area contributed by atoms with Crippen molar-refractivity contribution >= 4 is 34.8 Å². The Balaban J connectivity index is 1.93. The molecule has 1 aliphatic heterocycles. The number of carbonyl (C=O) groups excluding carboxylic acids is 1. The normalized spacial score (nSPS) is 32.3. The summed E-state index contributed by atoms with van der Waals surface area (Å²) in [5.74, 6) is -0.380. The lowest BCUT2D eigenvalue weighted by molar-refractivity contribution is -0.124. The van der Waals surface area contributed by atoms with E-state index in [0.717, 1.165) is 0 Å². The molecule has 2 fully saturated rings. The second-order valence-electron chi connectivity index (χ2n) is 5.57. The number of halogens is 2. The van der Waals surface area contributed by atoms with Crippen LogP contribution in [0.3, 0.4) is 0 Å². The highest BCUT2D eigenvalue weighted by Gasteiger charge is 2.70. The molecule has 0 bridgehead atoms. The van der Waals surface area contributed by atoms with Crippen LogP contribution in [0.15, 0.2) is 5.16 Å². The Bertz CT molecular complexity index is 484. The van der Waals surface area contributed by atoms with Gasteiger partial charge in [0.15, 0.2) is 5.71 Å². The number of nitrogens with zero attached hydrogens (tertiary/aromatic N) is 3. The van der Waals surface area contributed by atoms with Crippen molar-refractivity contribution in [2.45, 2.75) is 31.1 Å². The molecule has 6 nitrogen and oxygen atoms in total. The molecule has 1 heterocycles. The first-order valence-corrected chi connectivity index (χ1v) is 7.01. The molecule has 1 saturated carbocycles. The summed E-state index contributed by atoms with van der Waals surface area (Å²) in [4.78, 5) is 17.1. The fourth-order valence-electron chi connectivity index (χ4n) is 2.23. The van der Waals surface area contributed by atoms with Crippen molar-refractivity contribution in [1.82, 2.24) is 10.4 Å². The highest BCUT2D eigenvalue weighted by molar-refractivity contribution is 6.51. The Labute approximate surface area is 127 Å². The van der Waals surface area contributed by atoms with E-state index in [9.17, 15) is 4.79 Å². The molecule has 1 saturated heterocycles. The highest BCUT2D eigenvalue weighted by atomic mass is 35.5. The van der Waals surface area contributed by atoms with E-state index in [4.69, 9.17) is 33.3 Å². The summed E-state index contributed by atoms with van der Waals surface area (Å²) in [5, 5.41) is 13.7. The number of hydrogen-bond acceptors (Lipinski definition) is 5. The van der Waals surface area contributed by atoms with Gasteiger partial charge in [-0.1, -0.05) is 19.0 Å². The van der Waals surface area contributed by atoms with Crippen LogP contribution in [0.25, 0.3) is 0 Å². The van der Waals surface area contributed by atoms with Crippen LogP contribution in [0.1, 0.15) is 20.8 Å². The van der Waals surface area contributed by atoms with Gasteiger partial charge in [0.05, 0.1) is 12.1 Å². The van der Waals surface area contributed by atoms with Crippen molar-refractivity contribution in [1.29, 1.82) is 5.26 Å². The monoisotopic (exact) mass is 318 g/mol. The van der Waals surface area contributed by atoms with E-state index in [1.807, 2.05) is 19.9 Å². The summed E-state index contributed by atoms with van der Waals surface area (Å²) in [5.41, 5.74) is 2.85. The van der Waals surface area contributed by atoms with Crippen LogP contribution >= 0.6 is 23.2 Å². The van der Waals surface area contributed by atoms with Crippen LogP contribution in [-0.4, -0.2) is 40.2 Å². The molecule has 1 amide bonds. The lowest BCUT2D eigenvalue weighted by atomic mass is 10.1. The molecular weight excluding hydrogens is 303 g/mol. The molecule has 20 heavy (non-hydrogen) atoms. The molecule has 2 atom stereocenters. The van der Waals surface area contributed by atoms with Crippen LogP contribution in [-0.2, 0) is 9.63 Å². The van der Waals surface area contributed by atoms with Gasteiger partial charge in [0.2, 0.25) is 0 Å². The zero-order chi connectivity index (χ0) is 15.1. The minimum absolute atomic E-state index is 0.0299. The number of nitriles is 1. The Morgan fingerprint density at radius 2 is 2.15 bits per heavy atom. The summed E-state index contributed by atoms with van der Waals surface area (Å²) < 4.78 is -0.816. The third-order valence-electron chi connectivity index (χ3n) is 3.94. The quantitative estimate of drug-likeness (QED) is 0.483. The number of amides is 1. The zero-order valence-corrected chi connectivity index (χ0v) is 13.0. The Kier molecular flexibility index (Phi) is 3.89. The molecule has 0 spiro atoms. The smallest absolute Gasteiger partial charge is 0.288 e. The Morgan fingerprint density at radius 1 is 1.55 bits per heavy atom.